The van der Waals surface area contributed by atoms with Gasteiger partial charge in [0.25, 0.3) is 0 Å². The Balaban J connectivity index is 1.74. The summed E-state index contributed by atoms with van der Waals surface area (Å²) in [4.78, 5) is 11.1. The van der Waals surface area contributed by atoms with Gasteiger partial charge in [-0.3, -0.25) is 0 Å². The van der Waals surface area contributed by atoms with Crippen molar-refractivity contribution in [2.24, 2.45) is 0 Å². The van der Waals surface area contributed by atoms with E-state index in [0.717, 1.165) is 16.9 Å². The number of rotatable bonds is 4. The topological polar surface area (TPSA) is 47.6 Å². The van der Waals surface area contributed by atoms with E-state index in [1.54, 1.807) is 0 Å². The summed E-state index contributed by atoms with van der Waals surface area (Å²) in [5, 5.41) is 2.77. The van der Waals surface area contributed by atoms with E-state index in [0.29, 0.717) is 13.2 Å². The van der Waals surface area contributed by atoms with Gasteiger partial charge < -0.3 is 14.8 Å². The van der Waals surface area contributed by atoms with Gasteiger partial charge in [0.1, 0.15) is 19.0 Å². The Morgan fingerprint density at radius 2 is 1.85 bits per heavy atom. The fourth-order valence-electron chi connectivity index (χ4n) is 2.19. The van der Waals surface area contributed by atoms with E-state index in [-0.39, 0.29) is 12.1 Å². The number of alkyl carbamates (subject to hydrolysis) is 1. The molecule has 4 heteroatoms. The van der Waals surface area contributed by atoms with Crippen LogP contribution in [0.2, 0.25) is 0 Å². The molecule has 1 aliphatic heterocycles. The molecule has 0 unspecified atom stereocenters. The highest BCUT2D eigenvalue weighted by molar-refractivity contribution is 5.70. The third kappa shape index (κ3) is 2.74. The fraction of sp³-hybridized carbons (Fsp3) is 0.188. The molecule has 3 rings (SSSR count). The molecule has 0 radical (unpaired) electrons. The van der Waals surface area contributed by atoms with Crippen LogP contribution in [0.15, 0.2) is 54.6 Å². The minimum Gasteiger partial charge on any atom is -0.489 e. The lowest BCUT2D eigenvalue weighted by Gasteiger charge is -2.14. The van der Waals surface area contributed by atoms with E-state index in [9.17, 15) is 4.79 Å². The van der Waals surface area contributed by atoms with Gasteiger partial charge in [-0.15, -0.1) is 0 Å². The first-order valence-electron chi connectivity index (χ1n) is 6.52. The molecule has 1 amide bonds. The molecule has 1 fully saturated rings. The average Bonchev–Trinajstić information content (AvgIpc) is 2.93. The number of carbonyl (C=O) groups excluding carboxylic acids is 1. The molecule has 2 aromatic rings. The van der Waals surface area contributed by atoms with Crippen LogP contribution in [0.1, 0.15) is 17.2 Å². The number of hydrogen-bond acceptors (Lipinski definition) is 3. The SMILES string of the molecule is O=C1N[C@H](c2ccccc2OCc2ccccc2)CO1. The van der Waals surface area contributed by atoms with E-state index in [4.69, 9.17) is 9.47 Å². The quantitative estimate of drug-likeness (QED) is 0.928. The maximum Gasteiger partial charge on any atom is 0.407 e. The van der Waals surface area contributed by atoms with Crippen molar-refractivity contribution in [3.8, 4) is 5.75 Å². The lowest BCUT2D eigenvalue weighted by Crippen LogP contribution is -2.19. The molecule has 20 heavy (non-hydrogen) atoms. The summed E-state index contributed by atoms with van der Waals surface area (Å²) in [6, 6.07) is 17.5. The molecule has 0 saturated carbocycles. The minimum absolute atomic E-state index is 0.144. The zero-order chi connectivity index (χ0) is 13.8. The highest BCUT2D eigenvalue weighted by atomic mass is 16.6. The molecule has 2 aromatic carbocycles. The van der Waals surface area contributed by atoms with Crippen molar-refractivity contribution in [1.82, 2.24) is 5.32 Å². The first-order valence-corrected chi connectivity index (χ1v) is 6.52. The summed E-state index contributed by atoms with van der Waals surface area (Å²) in [7, 11) is 0. The largest absolute Gasteiger partial charge is 0.489 e. The molecule has 1 saturated heterocycles. The predicted molar refractivity (Wildman–Crippen MR) is 74.4 cm³/mol. The van der Waals surface area contributed by atoms with E-state index in [1.807, 2.05) is 54.6 Å². The Hall–Kier alpha value is -2.49. The number of nitrogens with one attached hydrogen (secondary N) is 1. The van der Waals surface area contributed by atoms with Crippen LogP contribution in [-0.4, -0.2) is 12.7 Å². The molecule has 0 aliphatic carbocycles. The molecule has 1 heterocycles. The van der Waals surface area contributed by atoms with Crippen molar-refractivity contribution in [2.75, 3.05) is 6.61 Å². The second-order valence-electron chi connectivity index (χ2n) is 4.61. The van der Waals surface area contributed by atoms with Crippen LogP contribution in [-0.2, 0) is 11.3 Å². The van der Waals surface area contributed by atoms with Crippen molar-refractivity contribution in [2.45, 2.75) is 12.6 Å². The molecule has 1 N–H and O–H groups in total. The average molecular weight is 269 g/mol. The van der Waals surface area contributed by atoms with Gasteiger partial charge >= 0.3 is 6.09 Å². The van der Waals surface area contributed by atoms with Gasteiger partial charge in [0, 0.05) is 5.56 Å². The van der Waals surface area contributed by atoms with E-state index < -0.39 is 0 Å². The van der Waals surface area contributed by atoms with E-state index in [2.05, 4.69) is 5.32 Å². The Bertz CT molecular complexity index is 598. The van der Waals surface area contributed by atoms with Crippen LogP contribution in [0.25, 0.3) is 0 Å². The maximum absolute atomic E-state index is 11.1. The van der Waals surface area contributed by atoms with E-state index in [1.165, 1.54) is 0 Å². The highest BCUT2D eigenvalue weighted by Gasteiger charge is 2.26. The summed E-state index contributed by atoms with van der Waals surface area (Å²) >= 11 is 0. The summed E-state index contributed by atoms with van der Waals surface area (Å²) in [6.45, 7) is 0.837. The van der Waals surface area contributed by atoms with Gasteiger partial charge in [-0.25, -0.2) is 4.79 Å². The van der Waals surface area contributed by atoms with Crippen LogP contribution in [0.3, 0.4) is 0 Å². The number of ether oxygens (including phenoxy) is 2. The molecule has 4 nitrogen and oxygen atoms in total. The minimum atomic E-state index is -0.382. The second-order valence-corrected chi connectivity index (χ2v) is 4.61. The van der Waals surface area contributed by atoms with Gasteiger partial charge in [0.05, 0.1) is 6.04 Å². The number of para-hydroxylation sites is 1. The van der Waals surface area contributed by atoms with Crippen molar-refractivity contribution < 1.29 is 14.3 Å². The van der Waals surface area contributed by atoms with Crippen LogP contribution in [0.4, 0.5) is 4.79 Å². The number of amides is 1. The number of cyclic esters (lactones) is 1. The summed E-state index contributed by atoms with van der Waals surface area (Å²) < 4.78 is 10.8. The number of hydrogen-bond donors (Lipinski definition) is 1. The first-order chi connectivity index (χ1) is 9.83. The molecule has 1 aliphatic rings. The van der Waals surface area contributed by atoms with Gasteiger partial charge in [-0.1, -0.05) is 48.5 Å². The lowest BCUT2D eigenvalue weighted by molar-refractivity contribution is 0.176. The molecule has 0 spiro atoms. The molecular formula is C16H15NO3. The lowest BCUT2D eigenvalue weighted by atomic mass is 10.1. The monoisotopic (exact) mass is 269 g/mol. The van der Waals surface area contributed by atoms with Crippen molar-refractivity contribution in [1.29, 1.82) is 0 Å². The van der Waals surface area contributed by atoms with E-state index >= 15 is 0 Å². The highest BCUT2D eigenvalue weighted by Crippen LogP contribution is 2.28. The molecular weight excluding hydrogens is 254 g/mol. The van der Waals surface area contributed by atoms with Gasteiger partial charge in [0.15, 0.2) is 0 Å². The fourth-order valence-corrected chi connectivity index (χ4v) is 2.19. The molecule has 102 valence electrons. The molecule has 0 bridgehead atoms. The van der Waals surface area contributed by atoms with Gasteiger partial charge in [-0.2, -0.15) is 0 Å². The smallest absolute Gasteiger partial charge is 0.407 e. The van der Waals surface area contributed by atoms with Crippen LogP contribution in [0.5, 0.6) is 5.75 Å². The van der Waals surface area contributed by atoms with Crippen LogP contribution < -0.4 is 10.1 Å². The Morgan fingerprint density at radius 3 is 2.60 bits per heavy atom. The second kappa shape index (κ2) is 5.65. The number of benzene rings is 2. The Morgan fingerprint density at radius 1 is 1.10 bits per heavy atom. The van der Waals surface area contributed by atoms with Crippen molar-refractivity contribution in [3.63, 3.8) is 0 Å². The van der Waals surface area contributed by atoms with Crippen molar-refractivity contribution in [3.05, 3.63) is 65.7 Å². The maximum atomic E-state index is 11.1. The third-order valence-corrected chi connectivity index (χ3v) is 3.20. The van der Waals surface area contributed by atoms with Gasteiger partial charge in [0.2, 0.25) is 0 Å². The van der Waals surface area contributed by atoms with Gasteiger partial charge in [-0.05, 0) is 11.6 Å². The summed E-state index contributed by atoms with van der Waals surface area (Å²) in [5.41, 5.74) is 2.04. The van der Waals surface area contributed by atoms with Crippen LogP contribution in [0, 0.1) is 0 Å². The zero-order valence-electron chi connectivity index (χ0n) is 10.9. The predicted octanol–water partition coefficient (Wildman–Crippen LogP) is 3.05. The molecule has 0 aromatic heterocycles. The van der Waals surface area contributed by atoms with Crippen molar-refractivity contribution >= 4 is 6.09 Å². The molecule has 1 atom stereocenters. The summed E-state index contributed by atoms with van der Waals surface area (Å²) in [5.74, 6) is 0.771. The normalized spacial score (nSPS) is 17.4. The third-order valence-electron chi connectivity index (χ3n) is 3.20. The zero-order valence-corrected chi connectivity index (χ0v) is 10.9. The first kappa shape index (κ1) is 12.5. The standard InChI is InChI=1S/C16H15NO3/c18-16-17-14(11-20-16)13-8-4-5-9-15(13)19-10-12-6-2-1-3-7-12/h1-9,14H,10-11H2,(H,17,18)/t14-/m0/s1. The Labute approximate surface area is 117 Å². The number of carbonyl (C=O) groups is 1. The Kier molecular flexibility index (Phi) is 3.54. The van der Waals surface area contributed by atoms with Crippen LogP contribution >= 0.6 is 0 Å². The summed E-state index contributed by atoms with van der Waals surface area (Å²) in [6.07, 6.45) is -0.382.